The lowest BCUT2D eigenvalue weighted by Crippen LogP contribution is -2.53. The topological polar surface area (TPSA) is 181 Å². The first-order chi connectivity index (χ1) is 28.6. The lowest BCUT2D eigenvalue weighted by Gasteiger charge is -2.30. The largest absolute Gasteiger partial charge is 0.453 e. The number of methoxy groups -OCH3 is 2. The molecule has 4 heterocycles. The number of nitrogens with zero attached hydrogens (tertiary/aromatic N) is 6. The number of amides is 4. The van der Waals surface area contributed by atoms with E-state index in [1.54, 1.807) is 11.1 Å². The molecule has 0 spiro atoms. The highest BCUT2D eigenvalue weighted by atomic mass is 28.3. The Labute approximate surface area is 351 Å². The highest BCUT2D eigenvalue weighted by Crippen LogP contribution is 2.39. The molecule has 2 saturated heterocycles. The van der Waals surface area contributed by atoms with Crippen molar-refractivity contribution in [1.82, 2.24) is 50.2 Å². The highest BCUT2D eigenvalue weighted by molar-refractivity contribution is 6.78. The second-order valence-electron chi connectivity index (χ2n) is 17.2. The number of carbonyl (C=O) groups is 4. The molecule has 7 rings (SSSR count). The quantitative estimate of drug-likeness (QED) is 0.123. The molecule has 0 unspecified atom stereocenters. The summed E-state index contributed by atoms with van der Waals surface area (Å²) in [4.78, 5) is 76.2. The van der Waals surface area contributed by atoms with E-state index in [2.05, 4.69) is 82.2 Å². The van der Waals surface area contributed by atoms with Gasteiger partial charge in [0, 0.05) is 31.2 Å². The number of H-pyrrole nitrogens is 2. The molecule has 16 nitrogen and oxygen atoms in total. The fraction of sp³-hybridized carbons (Fsp3) is 0.442. The molecule has 0 saturated carbocycles. The van der Waals surface area contributed by atoms with Gasteiger partial charge in [0.2, 0.25) is 11.8 Å². The number of aromatic nitrogens is 4. The van der Waals surface area contributed by atoms with Gasteiger partial charge in [-0.15, -0.1) is 0 Å². The predicted molar refractivity (Wildman–Crippen MR) is 233 cm³/mol. The Hall–Kier alpha value is -5.78. The summed E-state index contributed by atoms with van der Waals surface area (Å²) < 4.78 is 9.62. The molecule has 17 heteroatoms. The molecule has 4 N–H and O–H groups in total. The van der Waals surface area contributed by atoms with E-state index in [1.807, 2.05) is 49.0 Å². The van der Waals surface area contributed by atoms with Crippen molar-refractivity contribution in [3.05, 3.63) is 72.4 Å². The van der Waals surface area contributed by atoms with Gasteiger partial charge in [0.05, 0.1) is 57.3 Å². The van der Waals surface area contributed by atoms with Crippen LogP contribution in [0.25, 0.3) is 44.2 Å². The average Bonchev–Trinajstić information content (AvgIpc) is 4.04. The number of alkyl carbamates (subject to hydrolysis) is 2. The maximum absolute atomic E-state index is 14.1. The lowest BCUT2D eigenvalue weighted by molar-refractivity contribution is -0.135. The zero-order chi connectivity index (χ0) is 42.9. The lowest BCUT2D eigenvalue weighted by atomic mass is 9.99. The third-order valence-electron chi connectivity index (χ3n) is 11.4. The maximum Gasteiger partial charge on any atom is 0.407 e. The van der Waals surface area contributed by atoms with Crippen LogP contribution in [0.2, 0.25) is 19.1 Å². The van der Waals surface area contributed by atoms with Gasteiger partial charge in [-0.25, -0.2) is 19.6 Å². The molecule has 4 amide bonds. The number of likely N-dealkylation sites (tertiary alicyclic amines) is 1. The van der Waals surface area contributed by atoms with E-state index >= 15 is 0 Å². The Morgan fingerprint density at radius 3 is 2.05 bits per heavy atom. The van der Waals surface area contributed by atoms with E-state index in [0.29, 0.717) is 31.6 Å². The van der Waals surface area contributed by atoms with Gasteiger partial charge in [-0.3, -0.25) is 9.59 Å². The van der Waals surface area contributed by atoms with Crippen molar-refractivity contribution in [2.24, 2.45) is 0 Å². The third kappa shape index (κ3) is 9.02. The summed E-state index contributed by atoms with van der Waals surface area (Å²) in [5.74, 6) is 1.16. The van der Waals surface area contributed by atoms with Crippen LogP contribution in [0.5, 0.6) is 0 Å². The minimum atomic E-state index is -1.79. The van der Waals surface area contributed by atoms with Crippen LogP contribution in [0.1, 0.15) is 36.6 Å². The Kier molecular flexibility index (Phi) is 12.3. The number of ether oxygens (including phenoxy) is 2. The fourth-order valence-corrected chi connectivity index (χ4v) is 11.5. The van der Waals surface area contributed by atoms with Gasteiger partial charge in [0.1, 0.15) is 23.7 Å². The molecule has 0 aliphatic carbocycles. The van der Waals surface area contributed by atoms with Gasteiger partial charge in [0.15, 0.2) is 0 Å². The predicted octanol–water partition coefficient (Wildman–Crippen LogP) is 5.14. The normalized spacial score (nSPS) is 18.6. The van der Waals surface area contributed by atoms with Gasteiger partial charge in [-0.2, -0.15) is 0 Å². The van der Waals surface area contributed by atoms with Crippen molar-refractivity contribution in [1.29, 1.82) is 0 Å². The van der Waals surface area contributed by atoms with Crippen molar-refractivity contribution in [3.8, 4) is 22.4 Å². The first-order valence-corrected chi connectivity index (χ1v) is 23.7. The van der Waals surface area contributed by atoms with Crippen molar-refractivity contribution in [2.45, 2.75) is 56.1 Å². The Balaban J connectivity index is 1.08. The third-order valence-corrected chi connectivity index (χ3v) is 14.1. The van der Waals surface area contributed by atoms with Crippen molar-refractivity contribution in [2.75, 3.05) is 68.2 Å². The summed E-state index contributed by atoms with van der Waals surface area (Å²) in [7, 11) is 8.24. The molecular formula is C43H56N10O6Si. The summed E-state index contributed by atoms with van der Waals surface area (Å²) in [6, 6.07) is 17.7. The zero-order valence-electron chi connectivity index (χ0n) is 35.7. The summed E-state index contributed by atoms with van der Waals surface area (Å²) in [6.45, 7) is 5.84. The van der Waals surface area contributed by atoms with E-state index in [9.17, 15) is 19.2 Å². The first-order valence-electron chi connectivity index (χ1n) is 20.3. The van der Waals surface area contributed by atoms with Crippen LogP contribution in [0.3, 0.4) is 0 Å². The second-order valence-corrected chi connectivity index (χ2v) is 22.3. The number of imidazole rings is 2. The molecule has 0 bridgehead atoms. The number of benzene rings is 3. The average molecular weight is 837 g/mol. The van der Waals surface area contributed by atoms with E-state index in [1.165, 1.54) is 14.2 Å². The minimum Gasteiger partial charge on any atom is -0.453 e. The molecular weight excluding hydrogens is 781 g/mol. The Morgan fingerprint density at radius 2 is 1.42 bits per heavy atom. The second kappa shape index (κ2) is 17.4. The van der Waals surface area contributed by atoms with E-state index in [4.69, 9.17) is 19.4 Å². The molecule has 2 aliphatic rings. The number of hydrogen-bond donors (Lipinski definition) is 4. The molecule has 318 valence electrons. The number of likely N-dealkylation sites (N-methyl/N-ethyl adjacent to an activating group) is 2. The van der Waals surface area contributed by atoms with Gasteiger partial charge >= 0.3 is 12.2 Å². The standard InChI is InChI=1S/C43H56N10O6Si/c1-50(2)22-33(47-42(56)58-5)40(54)52-19-9-10-35(52)38-44-21-32(46-38)27-13-11-26(12-14-27)28-15-17-30-29(20-28)16-18-31-37(30)49-39(45-31)36-24-60(7,8)25-53(36)41(55)34(23-51(3)4)48-43(57)59-6/h11-18,20-21,33-36H,9-10,19,22-25H2,1-8H3,(H,44,46)(H,45,49)(H,47,56)(H,48,57)/t33-,34-,35-,36-/m0/s1. The monoisotopic (exact) mass is 836 g/mol. The number of fused-ring (bicyclic) bond motifs is 3. The van der Waals surface area contributed by atoms with Crippen molar-refractivity contribution < 1.29 is 28.7 Å². The Bertz CT molecular complexity index is 2380. The van der Waals surface area contributed by atoms with Gasteiger partial charge in [-0.1, -0.05) is 55.6 Å². The molecule has 60 heavy (non-hydrogen) atoms. The summed E-state index contributed by atoms with van der Waals surface area (Å²) in [6.07, 6.45) is 2.80. The van der Waals surface area contributed by atoms with Crippen LogP contribution in [-0.2, 0) is 19.1 Å². The fourth-order valence-electron chi connectivity index (χ4n) is 8.62. The molecule has 0 radical (unpaired) electrons. The molecule has 3 aromatic carbocycles. The summed E-state index contributed by atoms with van der Waals surface area (Å²) in [5.41, 5.74) is 5.71. The van der Waals surface area contributed by atoms with Gasteiger partial charge < -0.3 is 49.7 Å². The molecule has 2 aromatic heterocycles. The van der Waals surface area contributed by atoms with Crippen LogP contribution < -0.4 is 10.6 Å². The van der Waals surface area contributed by atoms with E-state index < -0.39 is 32.3 Å². The van der Waals surface area contributed by atoms with E-state index in [0.717, 1.165) is 68.9 Å². The summed E-state index contributed by atoms with van der Waals surface area (Å²) >= 11 is 0. The molecule has 2 aliphatic heterocycles. The summed E-state index contributed by atoms with van der Waals surface area (Å²) in [5, 5.41) is 7.53. The smallest absolute Gasteiger partial charge is 0.407 e. The van der Waals surface area contributed by atoms with Gasteiger partial charge in [0.25, 0.3) is 0 Å². The number of carbonyl (C=O) groups excluding carboxylic acids is 4. The maximum atomic E-state index is 14.1. The van der Waals surface area contributed by atoms with Crippen molar-refractivity contribution >= 4 is 53.9 Å². The number of rotatable bonds is 12. The van der Waals surface area contributed by atoms with Gasteiger partial charge in [-0.05, 0) is 81.3 Å². The minimum absolute atomic E-state index is 0.140. The molecule has 2 fully saturated rings. The van der Waals surface area contributed by atoms with Crippen LogP contribution in [-0.4, -0.2) is 152 Å². The van der Waals surface area contributed by atoms with Crippen molar-refractivity contribution in [3.63, 3.8) is 0 Å². The number of nitrogens with one attached hydrogen (secondary N) is 4. The highest BCUT2D eigenvalue weighted by Gasteiger charge is 2.45. The zero-order valence-corrected chi connectivity index (χ0v) is 36.7. The Morgan fingerprint density at radius 1 is 0.800 bits per heavy atom. The van der Waals surface area contributed by atoms with E-state index in [-0.39, 0.29) is 23.9 Å². The number of hydrogen-bond acceptors (Lipinski definition) is 10. The molecule has 5 aromatic rings. The molecule has 4 atom stereocenters. The first kappa shape index (κ1) is 42.3. The van der Waals surface area contributed by atoms with Crippen LogP contribution in [0.15, 0.2) is 60.8 Å². The van der Waals surface area contributed by atoms with Crippen LogP contribution in [0.4, 0.5) is 9.59 Å². The SMILES string of the molecule is COC(=O)N[C@@H](CN(C)C)C(=O)N1CCC[C@H]1c1ncc(-c2ccc(-c3ccc4c(ccc5nc([C@@H]6C[Si](C)(C)CN6C(=O)[C@H](CN(C)C)NC(=O)OC)[nH]c54)c3)cc2)[nH]1. The van der Waals surface area contributed by atoms with Crippen LogP contribution >= 0.6 is 0 Å². The number of aromatic amines is 2. The van der Waals surface area contributed by atoms with Crippen LogP contribution in [0, 0.1) is 0 Å².